The Hall–Kier alpha value is -4.32. The molecule has 0 aromatic heterocycles. The van der Waals surface area contributed by atoms with E-state index in [0.29, 0.717) is 31.2 Å². The highest BCUT2D eigenvalue weighted by Gasteiger charge is 2.75. The molecule has 11 heteroatoms. The van der Waals surface area contributed by atoms with Gasteiger partial charge in [0.2, 0.25) is 11.8 Å². The van der Waals surface area contributed by atoms with Gasteiger partial charge in [0.1, 0.15) is 17.7 Å². The Kier molecular flexibility index (Phi) is 12.2. The van der Waals surface area contributed by atoms with Gasteiger partial charge in [-0.3, -0.25) is 19.2 Å². The highest BCUT2D eigenvalue weighted by molar-refractivity contribution is 6.05. The molecule has 3 aliphatic heterocycles. The van der Waals surface area contributed by atoms with Crippen molar-refractivity contribution in [2.75, 3.05) is 31.8 Å². The van der Waals surface area contributed by atoms with Crippen LogP contribution >= 0.6 is 0 Å². The lowest BCUT2D eigenvalue weighted by Crippen LogP contribution is -2.59. The summed E-state index contributed by atoms with van der Waals surface area (Å²) in [6, 6.07) is 12.4. The van der Waals surface area contributed by atoms with E-state index in [1.165, 1.54) is 12.0 Å². The lowest BCUT2D eigenvalue weighted by Gasteiger charge is -2.39. The summed E-state index contributed by atoms with van der Waals surface area (Å²) < 4.78 is 18.5. The summed E-state index contributed by atoms with van der Waals surface area (Å²) in [6.07, 6.45) is 3.59. The summed E-state index contributed by atoms with van der Waals surface area (Å²) >= 11 is 0. The molecule has 0 radical (unpaired) electrons. The fourth-order valence-corrected chi connectivity index (χ4v) is 8.37. The van der Waals surface area contributed by atoms with E-state index in [2.05, 4.69) is 18.5 Å². The number of aryl methyl sites for hydroxylation is 2. The number of rotatable bonds is 17. The van der Waals surface area contributed by atoms with Crippen molar-refractivity contribution in [1.29, 1.82) is 0 Å². The summed E-state index contributed by atoms with van der Waals surface area (Å²) in [4.78, 5) is 60.2. The smallest absolute Gasteiger partial charge is 0.313 e. The monoisotopic (exact) mass is 701 g/mol. The Morgan fingerprint density at radius 1 is 1.12 bits per heavy atom. The lowest BCUT2D eigenvalue weighted by molar-refractivity contribution is -0.163. The van der Waals surface area contributed by atoms with Crippen molar-refractivity contribution < 1.29 is 38.5 Å². The van der Waals surface area contributed by atoms with Gasteiger partial charge in [-0.15, -0.1) is 13.2 Å². The highest BCUT2D eigenvalue weighted by atomic mass is 16.6. The molecule has 274 valence electrons. The van der Waals surface area contributed by atoms with Crippen molar-refractivity contribution in [1.82, 2.24) is 10.2 Å². The van der Waals surface area contributed by atoms with Gasteiger partial charge >= 0.3 is 5.97 Å². The average Bonchev–Trinajstić information content (AvgIpc) is 3.77. The number of methoxy groups -OCH3 is 1. The van der Waals surface area contributed by atoms with Crippen molar-refractivity contribution >= 4 is 29.4 Å². The Balaban J connectivity index is 1.54. The van der Waals surface area contributed by atoms with Crippen LogP contribution in [0.1, 0.15) is 61.8 Å². The first-order valence-electron chi connectivity index (χ1n) is 17.8. The Labute approximate surface area is 300 Å². The number of para-hydroxylation sites is 1. The Bertz CT molecular complexity index is 1590. The molecule has 3 amide bonds. The maximum Gasteiger partial charge on any atom is 0.313 e. The standard InChI is InChI=1S/C40H51N3O8/c1-7-10-19-31(45)41-29(24-49-6)35(27-17-12-11-13-18-27)50-39(48)32-30-20-21-40(51-30)33(32)37(46)43(28(9-3)23-44)36(40)38(47)42(22-8-2)34-25(4)15-14-16-26(34)5/h7-8,11-18,28-30,32-33,35-36,44H,1-2,9-10,19-24H2,3-6H3,(H,41,45)/t28-,29-,30+,32-,33-,35-,36+,40-/m0/s1. The molecule has 3 heterocycles. The molecule has 0 unspecified atom stereocenters. The van der Waals surface area contributed by atoms with Crippen LogP contribution in [0.15, 0.2) is 73.8 Å². The number of likely N-dealkylation sites (tertiary alicyclic amines) is 1. The third-order valence-corrected chi connectivity index (χ3v) is 10.6. The van der Waals surface area contributed by atoms with Crippen LogP contribution < -0.4 is 10.2 Å². The molecule has 5 rings (SSSR count). The largest absolute Gasteiger partial charge is 0.455 e. The SMILES string of the molecule is C=CCCC(=O)N[C@@H](COC)[C@@H](OC(=O)[C@@H]1[C@H]2C(=O)N([C@@H](CC)CO)[C@H](C(=O)N(CC=C)c3c(C)cccc3C)[C@]23CC[C@H]1O3)c1ccccc1. The summed E-state index contributed by atoms with van der Waals surface area (Å²) in [6.45, 7) is 13.2. The van der Waals surface area contributed by atoms with Crippen LogP contribution in [0.5, 0.6) is 0 Å². The number of fused-ring (bicyclic) bond motifs is 1. The van der Waals surface area contributed by atoms with Crippen molar-refractivity contribution in [2.45, 2.75) is 88.8 Å². The van der Waals surface area contributed by atoms with E-state index < -0.39 is 59.6 Å². The zero-order chi connectivity index (χ0) is 36.9. The molecule has 0 aliphatic carbocycles. The van der Waals surface area contributed by atoms with Gasteiger partial charge in [0.25, 0.3) is 5.91 Å². The molecule has 1 spiro atoms. The second-order valence-corrected chi connectivity index (χ2v) is 13.7. The number of carbonyl (C=O) groups is 4. The maximum atomic E-state index is 15.0. The zero-order valence-electron chi connectivity index (χ0n) is 30.1. The summed E-state index contributed by atoms with van der Waals surface area (Å²) in [7, 11) is 1.50. The maximum absolute atomic E-state index is 15.0. The minimum atomic E-state index is -1.31. The molecule has 8 atom stereocenters. The molecule has 2 N–H and O–H groups in total. The quantitative estimate of drug-likeness (QED) is 0.184. The van der Waals surface area contributed by atoms with Gasteiger partial charge in [-0.2, -0.15) is 0 Å². The van der Waals surface area contributed by atoms with Crippen molar-refractivity contribution in [2.24, 2.45) is 11.8 Å². The number of allylic oxidation sites excluding steroid dienone is 1. The number of aliphatic hydroxyl groups excluding tert-OH is 1. The molecule has 11 nitrogen and oxygen atoms in total. The minimum absolute atomic E-state index is 0.0556. The zero-order valence-corrected chi connectivity index (χ0v) is 30.1. The molecular formula is C40H51N3O8. The Morgan fingerprint density at radius 3 is 2.43 bits per heavy atom. The van der Waals surface area contributed by atoms with Crippen LogP contribution in [-0.2, 0) is 33.4 Å². The average molecular weight is 702 g/mol. The number of amides is 3. The molecular weight excluding hydrogens is 650 g/mol. The second kappa shape index (κ2) is 16.4. The molecule has 0 saturated carbocycles. The number of hydrogen-bond donors (Lipinski definition) is 2. The predicted octanol–water partition coefficient (Wildman–Crippen LogP) is 4.35. The summed E-state index contributed by atoms with van der Waals surface area (Å²) in [5.74, 6) is -3.70. The van der Waals surface area contributed by atoms with Gasteiger partial charge in [-0.05, 0) is 56.2 Å². The Morgan fingerprint density at radius 2 is 1.82 bits per heavy atom. The van der Waals surface area contributed by atoms with E-state index in [4.69, 9.17) is 14.2 Å². The topological polar surface area (TPSA) is 135 Å². The molecule has 3 fully saturated rings. The molecule has 3 aliphatic rings. The van der Waals surface area contributed by atoms with Crippen molar-refractivity contribution in [3.8, 4) is 0 Å². The van der Waals surface area contributed by atoms with E-state index in [0.717, 1.165) is 16.8 Å². The predicted molar refractivity (Wildman–Crippen MR) is 193 cm³/mol. The number of ether oxygens (including phenoxy) is 3. The number of anilines is 1. The summed E-state index contributed by atoms with van der Waals surface area (Å²) in [5, 5.41) is 13.5. The molecule has 2 aromatic rings. The second-order valence-electron chi connectivity index (χ2n) is 13.7. The number of nitrogens with one attached hydrogen (secondary N) is 1. The van der Waals surface area contributed by atoms with Gasteiger partial charge in [0.05, 0.1) is 43.2 Å². The molecule has 2 aromatic carbocycles. The van der Waals surface area contributed by atoms with E-state index in [-0.39, 0.29) is 38.0 Å². The van der Waals surface area contributed by atoms with Gasteiger partial charge in [-0.25, -0.2) is 0 Å². The van der Waals surface area contributed by atoms with Gasteiger partial charge < -0.3 is 34.4 Å². The van der Waals surface area contributed by atoms with Gasteiger partial charge in [0, 0.05) is 25.8 Å². The van der Waals surface area contributed by atoms with Crippen molar-refractivity contribution in [3.05, 3.63) is 90.5 Å². The number of esters is 1. The fraction of sp³-hybridized carbons (Fsp3) is 0.500. The van der Waals surface area contributed by atoms with Crippen molar-refractivity contribution in [3.63, 3.8) is 0 Å². The third-order valence-electron chi connectivity index (χ3n) is 10.6. The van der Waals surface area contributed by atoms with E-state index in [9.17, 15) is 24.3 Å². The first-order valence-corrected chi connectivity index (χ1v) is 17.8. The molecule has 3 saturated heterocycles. The number of nitrogens with zero attached hydrogens (tertiary/aromatic N) is 2. The number of aliphatic hydroxyl groups is 1. The summed E-state index contributed by atoms with van der Waals surface area (Å²) in [5.41, 5.74) is 1.82. The number of hydrogen-bond acceptors (Lipinski definition) is 8. The van der Waals surface area contributed by atoms with E-state index >= 15 is 0 Å². The normalized spacial score (nSPS) is 25.1. The van der Waals surface area contributed by atoms with Crippen LogP contribution in [0.3, 0.4) is 0 Å². The minimum Gasteiger partial charge on any atom is -0.455 e. The first-order chi connectivity index (χ1) is 24.6. The van der Waals surface area contributed by atoms with E-state index in [1.807, 2.05) is 57.2 Å². The van der Waals surface area contributed by atoms with Crippen LogP contribution in [0.2, 0.25) is 0 Å². The van der Waals surface area contributed by atoms with Gasteiger partial charge in [-0.1, -0.05) is 67.6 Å². The lowest BCUT2D eigenvalue weighted by atomic mass is 9.70. The fourth-order valence-electron chi connectivity index (χ4n) is 8.37. The number of benzene rings is 2. The molecule has 51 heavy (non-hydrogen) atoms. The van der Waals surface area contributed by atoms with E-state index in [1.54, 1.807) is 29.2 Å². The molecule has 2 bridgehead atoms. The van der Waals surface area contributed by atoms with Gasteiger partial charge in [0.15, 0.2) is 0 Å². The third kappa shape index (κ3) is 7.11. The first kappa shape index (κ1) is 37.9. The van der Waals surface area contributed by atoms with Crippen LogP contribution in [0.4, 0.5) is 5.69 Å². The van der Waals surface area contributed by atoms with Crippen LogP contribution in [0, 0.1) is 25.7 Å². The van der Waals surface area contributed by atoms with Crippen LogP contribution in [-0.4, -0.2) is 90.4 Å². The highest BCUT2D eigenvalue weighted by Crippen LogP contribution is 2.59. The number of carbonyl (C=O) groups excluding carboxylic acids is 4. The van der Waals surface area contributed by atoms with Crippen LogP contribution in [0.25, 0.3) is 0 Å².